The topological polar surface area (TPSA) is 134 Å². The van der Waals surface area contributed by atoms with Gasteiger partial charge < -0.3 is 20.1 Å². The zero-order chi connectivity index (χ0) is 32.1. The van der Waals surface area contributed by atoms with Crippen molar-refractivity contribution in [2.24, 2.45) is 5.92 Å². The summed E-state index contributed by atoms with van der Waals surface area (Å²) in [6.45, 7) is -0.376. The van der Waals surface area contributed by atoms with Crippen molar-refractivity contribution < 1.29 is 19.1 Å². The van der Waals surface area contributed by atoms with Crippen LogP contribution in [0.25, 0.3) is 11.1 Å². The van der Waals surface area contributed by atoms with Crippen LogP contribution < -0.4 is 21.9 Å². The summed E-state index contributed by atoms with van der Waals surface area (Å²) in [5, 5.41) is 6.04. The molecule has 1 atom stereocenters. The highest BCUT2D eigenvalue weighted by Crippen LogP contribution is 2.32. The first-order chi connectivity index (χ1) is 21.7. The third-order valence-electron chi connectivity index (χ3n) is 7.53. The van der Waals surface area contributed by atoms with E-state index in [0.717, 1.165) is 20.3 Å². The van der Waals surface area contributed by atoms with Gasteiger partial charge >= 0.3 is 5.69 Å². The Morgan fingerprint density at radius 1 is 0.956 bits per heavy atom. The number of nitrogens with zero attached hydrogens (tertiary/aromatic N) is 3. The first kappa shape index (κ1) is 32.1. The molecule has 1 unspecified atom stereocenters. The van der Waals surface area contributed by atoms with Crippen LogP contribution in [-0.4, -0.2) is 53.4 Å². The molecular weight excluding hydrogens is 621 g/mol. The minimum atomic E-state index is -0.772. The van der Waals surface area contributed by atoms with Gasteiger partial charge in [-0.2, -0.15) is 0 Å². The summed E-state index contributed by atoms with van der Waals surface area (Å²) in [7, 11) is 2.90. The van der Waals surface area contributed by atoms with E-state index >= 15 is 0 Å². The van der Waals surface area contributed by atoms with E-state index in [2.05, 4.69) is 15.6 Å². The van der Waals surface area contributed by atoms with E-state index < -0.39 is 29.7 Å². The van der Waals surface area contributed by atoms with E-state index in [1.807, 2.05) is 12.1 Å². The van der Waals surface area contributed by atoms with Crippen molar-refractivity contribution in [3.8, 4) is 11.1 Å². The lowest BCUT2D eigenvalue weighted by Crippen LogP contribution is -2.46. The quantitative estimate of drug-likeness (QED) is 0.248. The van der Waals surface area contributed by atoms with Gasteiger partial charge in [-0.15, -0.1) is 0 Å². The second-order valence-electron chi connectivity index (χ2n) is 10.6. The molecule has 2 amide bonds. The molecule has 234 valence electrons. The van der Waals surface area contributed by atoms with Gasteiger partial charge in [0.05, 0.1) is 34.9 Å². The summed E-state index contributed by atoms with van der Waals surface area (Å²) in [4.78, 5) is 57.5. The fourth-order valence-corrected chi connectivity index (χ4v) is 5.84. The number of halogens is 2. The number of carbonyl (C=O) groups excluding carboxylic acids is 2. The molecule has 2 heterocycles. The summed E-state index contributed by atoms with van der Waals surface area (Å²) in [5.41, 5.74) is 1.53. The Kier molecular flexibility index (Phi) is 10.1. The standard InChI is InChI=1S/C32H31Cl2N5O6/c1-44-17-23(18-45-2)39-31(42)25(24-6-5-7-26(33)29(24)34)15-38(32(39)43)16-28(40)36-22-10-9-19-12-21(13-20(19)14-22)30(41)37-27-8-3-4-11-35-27/h3-11,14-15,21,23H,12-13,16-18H2,1-2H3,(H,36,40)(H,35,37,41). The first-order valence-corrected chi connectivity index (χ1v) is 14.9. The average molecular weight is 653 g/mol. The number of anilines is 2. The van der Waals surface area contributed by atoms with Gasteiger partial charge in [0.2, 0.25) is 11.8 Å². The molecule has 11 nitrogen and oxygen atoms in total. The van der Waals surface area contributed by atoms with Gasteiger partial charge in [0.25, 0.3) is 5.56 Å². The Hall–Kier alpha value is -4.29. The van der Waals surface area contributed by atoms with Crippen LogP contribution in [0.5, 0.6) is 0 Å². The van der Waals surface area contributed by atoms with Gasteiger partial charge in [0, 0.05) is 43.8 Å². The lowest BCUT2D eigenvalue weighted by atomic mass is 10.1. The number of ether oxygens (including phenoxy) is 2. The van der Waals surface area contributed by atoms with Gasteiger partial charge in [0.1, 0.15) is 12.4 Å². The first-order valence-electron chi connectivity index (χ1n) is 14.1. The number of amides is 2. The molecule has 4 aromatic rings. The smallest absolute Gasteiger partial charge is 0.331 e. The molecule has 1 aliphatic rings. The lowest BCUT2D eigenvalue weighted by Gasteiger charge is -2.20. The minimum Gasteiger partial charge on any atom is -0.382 e. The molecule has 45 heavy (non-hydrogen) atoms. The molecule has 0 spiro atoms. The Balaban J connectivity index is 1.39. The number of benzene rings is 2. The second kappa shape index (κ2) is 14.2. The van der Waals surface area contributed by atoms with Crippen LogP contribution in [0.1, 0.15) is 17.2 Å². The molecule has 0 saturated heterocycles. The molecule has 0 aliphatic heterocycles. The Labute approximate surface area is 268 Å². The van der Waals surface area contributed by atoms with Crippen molar-refractivity contribution in [1.82, 2.24) is 14.1 Å². The summed E-state index contributed by atoms with van der Waals surface area (Å²) >= 11 is 12.7. The molecular formula is C32H31Cl2N5O6. The fourth-order valence-electron chi connectivity index (χ4n) is 5.44. The van der Waals surface area contributed by atoms with Gasteiger partial charge in [-0.1, -0.05) is 47.5 Å². The molecule has 2 aromatic carbocycles. The number of carbonyl (C=O) groups is 2. The molecule has 0 fully saturated rings. The highest BCUT2D eigenvalue weighted by atomic mass is 35.5. The maximum absolute atomic E-state index is 13.7. The summed E-state index contributed by atoms with van der Waals surface area (Å²) in [5.74, 6) is -0.398. The van der Waals surface area contributed by atoms with Crippen molar-refractivity contribution in [3.05, 3.63) is 109 Å². The summed E-state index contributed by atoms with van der Waals surface area (Å²) in [6, 6.07) is 14.8. The Morgan fingerprint density at radius 2 is 1.71 bits per heavy atom. The lowest BCUT2D eigenvalue weighted by molar-refractivity contribution is -0.119. The van der Waals surface area contributed by atoms with Crippen LogP contribution in [0.2, 0.25) is 10.0 Å². The maximum Gasteiger partial charge on any atom is 0.331 e. The monoisotopic (exact) mass is 651 g/mol. The maximum atomic E-state index is 13.7. The predicted molar refractivity (Wildman–Crippen MR) is 172 cm³/mol. The zero-order valence-electron chi connectivity index (χ0n) is 24.6. The Bertz CT molecular complexity index is 1840. The number of pyridine rings is 1. The van der Waals surface area contributed by atoms with Crippen molar-refractivity contribution in [2.45, 2.75) is 25.4 Å². The van der Waals surface area contributed by atoms with E-state index in [9.17, 15) is 19.2 Å². The van der Waals surface area contributed by atoms with Crippen molar-refractivity contribution in [3.63, 3.8) is 0 Å². The molecule has 2 N–H and O–H groups in total. The van der Waals surface area contributed by atoms with Crippen molar-refractivity contribution >= 4 is 46.5 Å². The fraction of sp³-hybridized carbons (Fsp3) is 0.281. The number of methoxy groups -OCH3 is 2. The van der Waals surface area contributed by atoms with Crippen LogP contribution in [0.4, 0.5) is 11.5 Å². The highest BCUT2D eigenvalue weighted by Gasteiger charge is 2.28. The van der Waals surface area contributed by atoms with Crippen molar-refractivity contribution in [1.29, 1.82) is 0 Å². The van der Waals surface area contributed by atoms with E-state index in [4.69, 9.17) is 32.7 Å². The third-order valence-corrected chi connectivity index (χ3v) is 8.35. The number of nitrogens with one attached hydrogen (secondary N) is 2. The number of hydrogen-bond donors (Lipinski definition) is 2. The largest absolute Gasteiger partial charge is 0.382 e. The normalized spacial score (nSPS) is 13.9. The Morgan fingerprint density at radius 3 is 2.42 bits per heavy atom. The molecule has 5 rings (SSSR count). The van der Waals surface area contributed by atoms with Crippen LogP contribution in [0, 0.1) is 5.92 Å². The van der Waals surface area contributed by atoms with Crippen LogP contribution in [0.15, 0.2) is 76.6 Å². The number of hydrogen-bond acceptors (Lipinski definition) is 7. The molecule has 1 aliphatic carbocycles. The molecule has 0 bridgehead atoms. The predicted octanol–water partition coefficient (Wildman–Crippen LogP) is 4.20. The van der Waals surface area contributed by atoms with Crippen LogP contribution >= 0.6 is 23.2 Å². The van der Waals surface area contributed by atoms with Crippen LogP contribution in [-0.2, 0) is 38.4 Å². The third kappa shape index (κ3) is 7.18. The van der Waals surface area contributed by atoms with E-state index in [0.29, 0.717) is 29.9 Å². The van der Waals surface area contributed by atoms with Gasteiger partial charge in [-0.05, 0) is 54.3 Å². The van der Waals surface area contributed by atoms with Crippen molar-refractivity contribution in [2.75, 3.05) is 38.1 Å². The summed E-state index contributed by atoms with van der Waals surface area (Å²) in [6.07, 6.45) is 3.99. The number of aromatic nitrogens is 3. The highest BCUT2D eigenvalue weighted by molar-refractivity contribution is 6.43. The SMILES string of the molecule is COCC(COC)n1c(=O)c(-c2cccc(Cl)c2Cl)cn(CC(=O)Nc2ccc3c(c2)CC(C(=O)Nc2ccccn2)C3)c1=O. The number of fused-ring (bicyclic) bond motifs is 1. The number of rotatable bonds is 11. The second-order valence-corrected chi connectivity index (χ2v) is 11.4. The molecule has 0 saturated carbocycles. The molecule has 2 aromatic heterocycles. The van der Waals surface area contributed by atoms with E-state index in [-0.39, 0.29) is 40.6 Å². The molecule has 13 heteroatoms. The zero-order valence-corrected chi connectivity index (χ0v) is 26.1. The van der Waals surface area contributed by atoms with Gasteiger partial charge in [-0.3, -0.25) is 23.5 Å². The average Bonchev–Trinajstić information content (AvgIpc) is 3.45. The van der Waals surface area contributed by atoms with Crippen LogP contribution in [0.3, 0.4) is 0 Å². The molecule has 0 radical (unpaired) electrons. The summed E-state index contributed by atoms with van der Waals surface area (Å²) < 4.78 is 12.7. The van der Waals surface area contributed by atoms with E-state index in [1.54, 1.807) is 48.7 Å². The van der Waals surface area contributed by atoms with Gasteiger partial charge in [0.15, 0.2) is 0 Å². The van der Waals surface area contributed by atoms with E-state index in [1.165, 1.54) is 20.4 Å². The minimum absolute atomic E-state index is 0.0118. The van der Waals surface area contributed by atoms with Gasteiger partial charge in [-0.25, -0.2) is 9.78 Å².